The van der Waals surface area contributed by atoms with E-state index in [4.69, 9.17) is 15.9 Å². The minimum Gasteiger partial charge on any atom is -0.456 e. The maximum absolute atomic E-state index is 6.08. The van der Waals surface area contributed by atoms with Gasteiger partial charge in [-0.1, -0.05) is 12.1 Å². The fourth-order valence-corrected chi connectivity index (χ4v) is 3.91. The van der Waals surface area contributed by atoms with Crippen molar-refractivity contribution in [2.45, 2.75) is 25.9 Å². The minimum absolute atomic E-state index is 0.663. The Labute approximate surface area is 180 Å². The van der Waals surface area contributed by atoms with Crippen molar-refractivity contribution in [3.8, 4) is 22.3 Å². The smallest absolute Gasteiger partial charge is 0.135 e. The SMILES string of the molecule is NCCCn1cc(-c2ccc3oc4ccc(-c5cnn(CCCN)c5)cc4c3c2)cn1. The van der Waals surface area contributed by atoms with E-state index >= 15 is 0 Å². The Morgan fingerprint density at radius 2 is 1.16 bits per heavy atom. The maximum Gasteiger partial charge on any atom is 0.135 e. The molecule has 5 aromatic rings. The van der Waals surface area contributed by atoms with Crippen LogP contribution in [0.1, 0.15) is 12.8 Å². The summed E-state index contributed by atoms with van der Waals surface area (Å²) >= 11 is 0. The van der Waals surface area contributed by atoms with Crippen LogP contribution in [0.15, 0.2) is 65.6 Å². The molecule has 3 heterocycles. The first-order chi connectivity index (χ1) is 15.2. The van der Waals surface area contributed by atoms with Crippen molar-refractivity contribution in [3.05, 3.63) is 61.2 Å². The highest BCUT2D eigenvalue weighted by molar-refractivity contribution is 6.07. The number of aromatic nitrogens is 4. The average Bonchev–Trinajstić information content (AvgIpc) is 3.53. The Kier molecular flexibility index (Phi) is 5.28. The van der Waals surface area contributed by atoms with Gasteiger partial charge in [-0.05, 0) is 61.3 Å². The van der Waals surface area contributed by atoms with E-state index < -0.39 is 0 Å². The van der Waals surface area contributed by atoms with E-state index in [2.05, 4.69) is 46.9 Å². The highest BCUT2D eigenvalue weighted by Gasteiger charge is 2.12. The van der Waals surface area contributed by atoms with Gasteiger partial charge in [-0.3, -0.25) is 9.36 Å². The first kappa shape index (κ1) is 19.5. The summed E-state index contributed by atoms with van der Waals surface area (Å²) in [5.41, 5.74) is 17.4. The Morgan fingerprint density at radius 1 is 0.677 bits per heavy atom. The molecule has 0 saturated heterocycles. The van der Waals surface area contributed by atoms with Gasteiger partial charge in [-0.2, -0.15) is 10.2 Å². The second kappa shape index (κ2) is 8.37. The number of nitrogens with zero attached hydrogens (tertiary/aromatic N) is 4. The molecule has 0 amide bonds. The molecule has 0 saturated carbocycles. The zero-order chi connectivity index (χ0) is 21.2. The number of fused-ring (bicyclic) bond motifs is 3. The molecule has 31 heavy (non-hydrogen) atoms. The van der Waals surface area contributed by atoms with Crippen molar-refractivity contribution in [2.75, 3.05) is 13.1 Å². The van der Waals surface area contributed by atoms with Crippen LogP contribution in [0.25, 0.3) is 44.2 Å². The van der Waals surface area contributed by atoms with Crippen LogP contribution in [0.4, 0.5) is 0 Å². The fraction of sp³-hybridized carbons (Fsp3) is 0.250. The van der Waals surface area contributed by atoms with Crippen molar-refractivity contribution >= 4 is 21.9 Å². The standard InChI is InChI=1S/C24H26N6O/c25-7-1-9-29-15-19(13-27-29)17-3-5-23-21(11-17)22-12-18(4-6-24(22)31-23)20-14-28-30(16-20)10-2-8-26/h3-6,11-16H,1-2,7-10,25-26H2. The first-order valence-corrected chi connectivity index (χ1v) is 10.7. The quantitative estimate of drug-likeness (QED) is 0.399. The highest BCUT2D eigenvalue weighted by Crippen LogP contribution is 2.34. The number of rotatable bonds is 8. The monoisotopic (exact) mass is 414 g/mol. The molecule has 5 rings (SSSR count). The lowest BCUT2D eigenvalue weighted by atomic mass is 10.0. The van der Waals surface area contributed by atoms with Gasteiger partial charge in [0.1, 0.15) is 11.2 Å². The molecule has 3 aromatic heterocycles. The van der Waals surface area contributed by atoms with Gasteiger partial charge in [0.15, 0.2) is 0 Å². The van der Waals surface area contributed by atoms with E-state index in [0.717, 1.165) is 70.1 Å². The predicted octanol–water partition coefficient (Wildman–Crippen LogP) is 4.01. The Hall–Kier alpha value is -3.42. The lowest BCUT2D eigenvalue weighted by molar-refractivity contribution is 0.585. The molecule has 0 unspecified atom stereocenters. The van der Waals surface area contributed by atoms with Crippen molar-refractivity contribution in [3.63, 3.8) is 0 Å². The molecule has 2 aromatic carbocycles. The maximum atomic E-state index is 6.08. The van der Waals surface area contributed by atoms with E-state index in [-0.39, 0.29) is 0 Å². The second-order valence-corrected chi connectivity index (χ2v) is 7.79. The number of furan rings is 1. The third-order valence-electron chi connectivity index (χ3n) is 5.59. The summed E-state index contributed by atoms with van der Waals surface area (Å²) in [6.45, 7) is 2.98. The van der Waals surface area contributed by atoms with Crippen LogP contribution in [0.2, 0.25) is 0 Å². The van der Waals surface area contributed by atoms with Crippen molar-refractivity contribution in [2.24, 2.45) is 11.5 Å². The van der Waals surface area contributed by atoms with Gasteiger partial charge in [-0.25, -0.2) is 0 Å². The molecule has 0 fully saturated rings. The van der Waals surface area contributed by atoms with Crippen LogP contribution >= 0.6 is 0 Å². The van der Waals surface area contributed by atoms with Gasteiger partial charge in [0, 0.05) is 47.4 Å². The van der Waals surface area contributed by atoms with Gasteiger partial charge >= 0.3 is 0 Å². The first-order valence-electron chi connectivity index (χ1n) is 10.7. The van der Waals surface area contributed by atoms with E-state index in [1.54, 1.807) is 0 Å². The third-order valence-corrected chi connectivity index (χ3v) is 5.59. The van der Waals surface area contributed by atoms with Crippen LogP contribution < -0.4 is 11.5 Å². The molecule has 0 aliphatic rings. The summed E-state index contributed by atoms with van der Waals surface area (Å²) in [7, 11) is 0. The van der Waals surface area contributed by atoms with E-state index in [1.807, 2.05) is 33.9 Å². The van der Waals surface area contributed by atoms with Crippen LogP contribution in [-0.2, 0) is 13.1 Å². The molecule has 7 heteroatoms. The Morgan fingerprint density at radius 3 is 1.61 bits per heavy atom. The number of nitrogens with two attached hydrogens (primary N) is 2. The van der Waals surface area contributed by atoms with Crippen molar-refractivity contribution < 1.29 is 4.42 Å². The zero-order valence-electron chi connectivity index (χ0n) is 17.4. The fourth-order valence-electron chi connectivity index (χ4n) is 3.91. The summed E-state index contributed by atoms with van der Waals surface area (Å²) < 4.78 is 9.97. The highest BCUT2D eigenvalue weighted by atomic mass is 16.3. The lowest BCUT2D eigenvalue weighted by Gasteiger charge is -2.00. The lowest BCUT2D eigenvalue weighted by Crippen LogP contribution is -2.05. The summed E-state index contributed by atoms with van der Waals surface area (Å²) in [5.74, 6) is 0. The topological polar surface area (TPSA) is 101 Å². The Balaban J connectivity index is 1.51. The van der Waals surface area contributed by atoms with E-state index in [0.29, 0.717) is 13.1 Å². The van der Waals surface area contributed by atoms with Gasteiger partial charge in [0.25, 0.3) is 0 Å². The van der Waals surface area contributed by atoms with Crippen LogP contribution in [0.5, 0.6) is 0 Å². The molecule has 0 aliphatic heterocycles. The number of benzene rings is 2. The minimum atomic E-state index is 0.663. The molecule has 0 atom stereocenters. The van der Waals surface area contributed by atoms with Gasteiger partial charge in [-0.15, -0.1) is 0 Å². The molecular weight excluding hydrogens is 388 g/mol. The van der Waals surface area contributed by atoms with E-state index in [1.165, 1.54) is 0 Å². The number of hydrogen-bond acceptors (Lipinski definition) is 5. The molecule has 7 nitrogen and oxygen atoms in total. The average molecular weight is 415 g/mol. The van der Waals surface area contributed by atoms with Crippen LogP contribution in [0, 0.1) is 0 Å². The molecule has 0 spiro atoms. The molecule has 0 radical (unpaired) electrons. The summed E-state index contributed by atoms with van der Waals surface area (Å²) in [4.78, 5) is 0. The zero-order valence-corrected chi connectivity index (χ0v) is 17.4. The Bertz CT molecular complexity index is 1230. The molecule has 4 N–H and O–H groups in total. The third kappa shape index (κ3) is 3.85. The van der Waals surface area contributed by atoms with Gasteiger partial charge in [0.2, 0.25) is 0 Å². The number of hydrogen-bond donors (Lipinski definition) is 2. The van der Waals surface area contributed by atoms with E-state index in [9.17, 15) is 0 Å². The van der Waals surface area contributed by atoms with Crippen molar-refractivity contribution in [1.29, 1.82) is 0 Å². The normalized spacial score (nSPS) is 11.7. The summed E-state index contributed by atoms with van der Waals surface area (Å²) in [6, 6.07) is 12.6. The molecule has 158 valence electrons. The second-order valence-electron chi connectivity index (χ2n) is 7.79. The van der Waals surface area contributed by atoms with Gasteiger partial charge in [0.05, 0.1) is 12.4 Å². The molecule has 0 bridgehead atoms. The largest absolute Gasteiger partial charge is 0.456 e. The van der Waals surface area contributed by atoms with Crippen LogP contribution in [-0.4, -0.2) is 32.7 Å². The predicted molar refractivity (Wildman–Crippen MR) is 124 cm³/mol. The van der Waals surface area contributed by atoms with Crippen LogP contribution in [0.3, 0.4) is 0 Å². The van der Waals surface area contributed by atoms with Gasteiger partial charge < -0.3 is 15.9 Å². The number of aryl methyl sites for hydroxylation is 2. The molecule has 0 aliphatic carbocycles. The molecular formula is C24H26N6O. The summed E-state index contributed by atoms with van der Waals surface area (Å²) in [5, 5.41) is 11.1. The summed E-state index contributed by atoms with van der Waals surface area (Å²) in [6.07, 6.45) is 9.78. The van der Waals surface area contributed by atoms with Crippen molar-refractivity contribution in [1.82, 2.24) is 19.6 Å².